The van der Waals surface area contributed by atoms with Crippen molar-refractivity contribution < 1.29 is 0 Å². The Morgan fingerprint density at radius 1 is 1.20 bits per heavy atom. The van der Waals surface area contributed by atoms with Crippen molar-refractivity contribution in [3.05, 3.63) is 47.4 Å². The van der Waals surface area contributed by atoms with E-state index in [2.05, 4.69) is 15.3 Å². The number of aromatic nitrogens is 2. The molecule has 0 aliphatic carbocycles. The summed E-state index contributed by atoms with van der Waals surface area (Å²) in [7, 11) is 0. The molecule has 1 aromatic carbocycles. The molecule has 0 saturated carbocycles. The van der Waals surface area contributed by atoms with Gasteiger partial charge in [0.1, 0.15) is 5.82 Å². The van der Waals surface area contributed by atoms with Crippen molar-refractivity contribution in [3.63, 3.8) is 0 Å². The topological polar surface area (TPSA) is 37.8 Å². The lowest BCUT2D eigenvalue weighted by molar-refractivity contribution is 1.17. The zero-order chi connectivity index (χ0) is 10.7. The highest BCUT2D eigenvalue weighted by atomic mass is 35.5. The largest absolute Gasteiger partial charge is 0.340 e. The molecular weight excluding hydrogens is 210 g/mol. The summed E-state index contributed by atoms with van der Waals surface area (Å²) < 4.78 is 0. The van der Waals surface area contributed by atoms with Crippen LogP contribution in [0.5, 0.6) is 0 Å². The third kappa shape index (κ3) is 2.44. The van der Waals surface area contributed by atoms with Crippen molar-refractivity contribution in [1.29, 1.82) is 0 Å². The van der Waals surface area contributed by atoms with Gasteiger partial charge in [-0.25, -0.2) is 9.97 Å². The fourth-order valence-corrected chi connectivity index (χ4v) is 1.40. The number of benzene rings is 1. The maximum absolute atomic E-state index is 5.69. The minimum atomic E-state index is 0.244. The van der Waals surface area contributed by atoms with Crippen molar-refractivity contribution >= 4 is 23.1 Å². The quantitative estimate of drug-likeness (QED) is 0.789. The fraction of sp³-hybridized carbons (Fsp3) is 0.0909. The number of anilines is 2. The van der Waals surface area contributed by atoms with Gasteiger partial charge >= 0.3 is 0 Å². The van der Waals surface area contributed by atoms with Crippen LogP contribution in [0.1, 0.15) is 5.56 Å². The lowest BCUT2D eigenvalue weighted by Crippen LogP contribution is -1.96. The zero-order valence-electron chi connectivity index (χ0n) is 8.24. The van der Waals surface area contributed by atoms with Crippen molar-refractivity contribution in [2.75, 3.05) is 5.32 Å². The fourth-order valence-electron chi connectivity index (χ4n) is 1.26. The average molecular weight is 220 g/mol. The summed E-state index contributed by atoms with van der Waals surface area (Å²) in [5.41, 5.74) is 2.18. The van der Waals surface area contributed by atoms with Crippen LogP contribution in [0.25, 0.3) is 0 Å². The van der Waals surface area contributed by atoms with Gasteiger partial charge in [0.25, 0.3) is 0 Å². The standard InChI is InChI=1S/C11H10ClN3/c1-8-4-2-3-5-9(8)14-10-6-7-13-11(12)15-10/h2-7H,1H3,(H,13,14,15). The van der Waals surface area contributed by atoms with Crippen LogP contribution >= 0.6 is 11.6 Å². The van der Waals surface area contributed by atoms with Crippen LogP contribution in [0.4, 0.5) is 11.5 Å². The molecule has 1 heterocycles. The molecular formula is C11H10ClN3. The third-order valence-electron chi connectivity index (χ3n) is 2.03. The highest BCUT2D eigenvalue weighted by molar-refractivity contribution is 6.28. The van der Waals surface area contributed by atoms with E-state index >= 15 is 0 Å². The molecule has 0 aliphatic heterocycles. The van der Waals surface area contributed by atoms with Crippen molar-refractivity contribution in [2.24, 2.45) is 0 Å². The van der Waals surface area contributed by atoms with E-state index in [4.69, 9.17) is 11.6 Å². The van der Waals surface area contributed by atoms with Gasteiger partial charge < -0.3 is 5.32 Å². The first-order valence-corrected chi connectivity index (χ1v) is 4.95. The molecule has 15 heavy (non-hydrogen) atoms. The van der Waals surface area contributed by atoms with E-state index in [1.807, 2.05) is 31.2 Å². The number of aryl methyl sites for hydroxylation is 1. The predicted molar refractivity (Wildman–Crippen MR) is 61.5 cm³/mol. The molecule has 76 valence electrons. The lowest BCUT2D eigenvalue weighted by Gasteiger charge is -2.07. The SMILES string of the molecule is Cc1ccccc1Nc1ccnc(Cl)n1. The van der Waals surface area contributed by atoms with E-state index in [1.165, 1.54) is 0 Å². The summed E-state index contributed by atoms with van der Waals surface area (Å²) in [5, 5.41) is 3.42. The van der Waals surface area contributed by atoms with Gasteiger partial charge in [-0.15, -0.1) is 0 Å². The van der Waals surface area contributed by atoms with Crippen molar-refractivity contribution in [3.8, 4) is 0 Å². The van der Waals surface area contributed by atoms with E-state index in [1.54, 1.807) is 12.3 Å². The first-order valence-electron chi connectivity index (χ1n) is 4.57. The van der Waals surface area contributed by atoms with E-state index in [-0.39, 0.29) is 5.28 Å². The molecule has 0 spiro atoms. The zero-order valence-corrected chi connectivity index (χ0v) is 8.99. The summed E-state index contributed by atoms with van der Waals surface area (Å²) in [6.07, 6.45) is 1.62. The van der Waals surface area contributed by atoms with Gasteiger partial charge in [0.05, 0.1) is 0 Å². The summed E-state index contributed by atoms with van der Waals surface area (Å²) in [4.78, 5) is 7.87. The van der Waals surface area contributed by atoms with Gasteiger partial charge in [0, 0.05) is 11.9 Å². The molecule has 4 heteroatoms. The predicted octanol–water partition coefficient (Wildman–Crippen LogP) is 3.18. The van der Waals surface area contributed by atoms with Gasteiger partial charge in [-0.1, -0.05) is 18.2 Å². The smallest absolute Gasteiger partial charge is 0.224 e. The summed E-state index contributed by atoms with van der Waals surface area (Å²) in [6, 6.07) is 9.76. The van der Waals surface area contributed by atoms with Gasteiger partial charge in [-0.3, -0.25) is 0 Å². The van der Waals surface area contributed by atoms with Crippen LogP contribution in [0.2, 0.25) is 5.28 Å². The Bertz CT molecular complexity index is 471. The molecule has 0 bridgehead atoms. The van der Waals surface area contributed by atoms with Crippen LogP contribution in [0, 0.1) is 6.92 Å². The Kier molecular flexibility index (Phi) is 2.83. The molecule has 0 amide bonds. The first-order chi connectivity index (χ1) is 7.25. The first kappa shape index (κ1) is 9.93. The third-order valence-corrected chi connectivity index (χ3v) is 2.22. The van der Waals surface area contributed by atoms with Crippen LogP contribution in [-0.4, -0.2) is 9.97 Å². The van der Waals surface area contributed by atoms with Crippen LogP contribution in [0.3, 0.4) is 0 Å². The second-order valence-corrected chi connectivity index (χ2v) is 3.49. The number of rotatable bonds is 2. The molecule has 2 aromatic rings. The van der Waals surface area contributed by atoms with Gasteiger partial charge in [0.2, 0.25) is 5.28 Å². The molecule has 0 fully saturated rings. The van der Waals surface area contributed by atoms with E-state index in [9.17, 15) is 0 Å². The highest BCUT2D eigenvalue weighted by Crippen LogP contribution is 2.18. The Balaban J connectivity index is 2.26. The number of halogens is 1. The van der Waals surface area contributed by atoms with Crippen molar-refractivity contribution in [1.82, 2.24) is 9.97 Å². The van der Waals surface area contributed by atoms with Gasteiger partial charge in [-0.05, 0) is 36.2 Å². The minimum Gasteiger partial charge on any atom is -0.340 e. The number of hydrogen-bond donors (Lipinski definition) is 1. The normalized spacial score (nSPS) is 10.0. The number of hydrogen-bond acceptors (Lipinski definition) is 3. The Morgan fingerprint density at radius 3 is 2.73 bits per heavy atom. The number of nitrogens with one attached hydrogen (secondary N) is 1. The van der Waals surface area contributed by atoms with E-state index in [0.717, 1.165) is 11.3 Å². The molecule has 0 radical (unpaired) electrons. The monoisotopic (exact) mass is 219 g/mol. The number of nitrogens with zero attached hydrogens (tertiary/aromatic N) is 2. The van der Waals surface area contributed by atoms with E-state index in [0.29, 0.717) is 5.82 Å². The molecule has 0 unspecified atom stereocenters. The molecule has 1 N–H and O–H groups in total. The van der Waals surface area contributed by atoms with E-state index < -0.39 is 0 Å². The highest BCUT2D eigenvalue weighted by Gasteiger charge is 1.99. The van der Waals surface area contributed by atoms with Crippen LogP contribution in [-0.2, 0) is 0 Å². The van der Waals surface area contributed by atoms with Crippen molar-refractivity contribution in [2.45, 2.75) is 6.92 Å². The second kappa shape index (κ2) is 4.28. The minimum absolute atomic E-state index is 0.244. The summed E-state index contributed by atoms with van der Waals surface area (Å²) in [6.45, 7) is 2.03. The maximum Gasteiger partial charge on any atom is 0.224 e. The summed E-state index contributed by atoms with van der Waals surface area (Å²) >= 11 is 5.69. The second-order valence-electron chi connectivity index (χ2n) is 3.15. The summed E-state index contributed by atoms with van der Waals surface area (Å²) in [5.74, 6) is 0.698. The molecule has 0 saturated heterocycles. The Hall–Kier alpha value is -1.61. The molecule has 0 aliphatic rings. The molecule has 2 rings (SSSR count). The lowest BCUT2D eigenvalue weighted by atomic mass is 10.2. The number of para-hydroxylation sites is 1. The Morgan fingerprint density at radius 2 is 2.00 bits per heavy atom. The molecule has 3 nitrogen and oxygen atoms in total. The van der Waals surface area contributed by atoms with Gasteiger partial charge in [-0.2, -0.15) is 0 Å². The molecule has 1 aromatic heterocycles. The van der Waals surface area contributed by atoms with Gasteiger partial charge in [0.15, 0.2) is 0 Å². The van der Waals surface area contributed by atoms with Crippen LogP contribution in [0.15, 0.2) is 36.5 Å². The maximum atomic E-state index is 5.69. The average Bonchev–Trinajstić information content (AvgIpc) is 2.22. The Labute approximate surface area is 93.1 Å². The van der Waals surface area contributed by atoms with Crippen LogP contribution < -0.4 is 5.32 Å². The molecule has 0 atom stereocenters.